The summed E-state index contributed by atoms with van der Waals surface area (Å²) in [5.41, 5.74) is -0.483. The van der Waals surface area contributed by atoms with Crippen molar-refractivity contribution in [3.05, 3.63) is 70.8 Å². The highest BCUT2D eigenvalue weighted by molar-refractivity contribution is 5.93. The Morgan fingerprint density at radius 1 is 0.769 bits per heavy atom. The lowest BCUT2D eigenvalue weighted by atomic mass is 9.69. The summed E-state index contributed by atoms with van der Waals surface area (Å²) < 4.78 is 0. The number of aromatic carboxylic acids is 4. The van der Waals surface area contributed by atoms with Crippen LogP contribution in [0.4, 0.5) is 0 Å². The first-order valence-electron chi connectivity index (χ1n) is 12.3. The highest BCUT2D eigenvalue weighted by Gasteiger charge is 2.52. The molecule has 214 valence electrons. The number of piperidine rings is 1. The smallest absolute Gasteiger partial charge is 0.335 e. The van der Waals surface area contributed by atoms with Gasteiger partial charge in [-0.05, 0) is 75.6 Å². The Labute approximate surface area is 226 Å². The second kappa shape index (κ2) is 13.8. The normalized spacial score (nSPS) is 24.3. The number of hydrogen-bond donors (Lipinski definition) is 6. The number of benzene rings is 2. The second-order valence-electron chi connectivity index (χ2n) is 9.81. The van der Waals surface area contributed by atoms with Crippen molar-refractivity contribution in [1.29, 1.82) is 0 Å². The molecule has 0 bridgehead atoms. The van der Waals surface area contributed by atoms with Crippen LogP contribution in [0.2, 0.25) is 0 Å². The van der Waals surface area contributed by atoms with E-state index in [-0.39, 0.29) is 45.4 Å². The van der Waals surface area contributed by atoms with Gasteiger partial charge in [-0.25, -0.2) is 19.2 Å². The van der Waals surface area contributed by atoms with Crippen molar-refractivity contribution in [2.45, 2.75) is 71.1 Å². The molecular formula is C28H37NO10. The van der Waals surface area contributed by atoms with Crippen molar-refractivity contribution in [1.82, 2.24) is 5.06 Å². The number of carboxylic acid groups (broad SMARTS) is 4. The number of carbonyl (C=O) groups is 4. The van der Waals surface area contributed by atoms with E-state index in [4.69, 9.17) is 20.4 Å². The predicted octanol–water partition coefficient (Wildman–Crippen LogP) is 4.58. The number of rotatable bonds is 6. The molecule has 1 fully saturated rings. The van der Waals surface area contributed by atoms with Crippen molar-refractivity contribution in [3.8, 4) is 0 Å². The van der Waals surface area contributed by atoms with Gasteiger partial charge in [0.2, 0.25) is 0 Å². The molecule has 1 heterocycles. The Morgan fingerprint density at radius 3 is 1.46 bits per heavy atom. The third-order valence-corrected chi connectivity index (χ3v) is 7.41. The fourth-order valence-electron chi connectivity index (χ4n) is 4.24. The maximum atomic E-state index is 10.4. The monoisotopic (exact) mass is 547 g/mol. The molecule has 0 radical (unpaired) electrons. The molecule has 4 unspecified atom stereocenters. The number of aliphatic hydroxyl groups is 1. The Bertz CT molecular complexity index is 1100. The molecule has 2 aromatic rings. The molecular weight excluding hydrogens is 510 g/mol. The lowest BCUT2D eigenvalue weighted by molar-refractivity contribution is -0.287. The Balaban J connectivity index is 0.000000295. The molecule has 39 heavy (non-hydrogen) atoms. The first-order valence-corrected chi connectivity index (χ1v) is 12.3. The standard InChI is InChI=1S/C12H25NO2.2C8H6O4/c1-6-11(4)8-10(14)9(3)12(5,7-2)13(11)15;9-7(10)5-1-2-6(4-3-5)8(11)12;9-7(10)5-2-1-3-6(4-5)8(11)12/h9-10,14-15H,6-8H2,1-5H3;2*1-4H,(H,9,10)(H,11,12). The summed E-state index contributed by atoms with van der Waals surface area (Å²) in [6.45, 7) is 10.2. The van der Waals surface area contributed by atoms with Crippen LogP contribution < -0.4 is 0 Å². The van der Waals surface area contributed by atoms with Gasteiger partial charge in [0, 0.05) is 17.0 Å². The summed E-state index contributed by atoms with van der Waals surface area (Å²) in [4.78, 5) is 41.4. The van der Waals surface area contributed by atoms with E-state index < -0.39 is 23.9 Å². The first-order chi connectivity index (χ1) is 18.0. The minimum absolute atomic E-state index is 0.0186. The maximum absolute atomic E-state index is 10.4. The van der Waals surface area contributed by atoms with Gasteiger partial charge in [0.15, 0.2) is 0 Å². The highest BCUT2D eigenvalue weighted by Crippen LogP contribution is 2.44. The van der Waals surface area contributed by atoms with E-state index in [9.17, 15) is 29.5 Å². The van der Waals surface area contributed by atoms with Crippen LogP contribution in [-0.4, -0.2) is 76.9 Å². The minimum atomic E-state index is -1.13. The average molecular weight is 548 g/mol. The zero-order valence-electron chi connectivity index (χ0n) is 22.7. The summed E-state index contributed by atoms with van der Waals surface area (Å²) >= 11 is 0. The molecule has 11 heteroatoms. The third-order valence-electron chi connectivity index (χ3n) is 7.41. The topological polar surface area (TPSA) is 193 Å². The van der Waals surface area contributed by atoms with Gasteiger partial charge >= 0.3 is 23.9 Å². The zero-order chi connectivity index (χ0) is 30.1. The van der Waals surface area contributed by atoms with Gasteiger partial charge in [-0.1, -0.05) is 26.8 Å². The van der Waals surface area contributed by atoms with Crippen LogP contribution in [0.1, 0.15) is 95.3 Å². The molecule has 2 aromatic carbocycles. The molecule has 1 saturated heterocycles. The Hall–Kier alpha value is -3.80. The molecule has 11 nitrogen and oxygen atoms in total. The van der Waals surface area contributed by atoms with Gasteiger partial charge in [0.1, 0.15) is 0 Å². The van der Waals surface area contributed by atoms with Crippen LogP contribution in [0.3, 0.4) is 0 Å². The van der Waals surface area contributed by atoms with Crippen LogP contribution in [0.5, 0.6) is 0 Å². The highest BCUT2D eigenvalue weighted by atomic mass is 16.5. The zero-order valence-corrected chi connectivity index (χ0v) is 22.7. The van der Waals surface area contributed by atoms with Crippen LogP contribution >= 0.6 is 0 Å². The molecule has 4 atom stereocenters. The van der Waals surface area contributed by atoms with Crippen molar-refractivity contribution in [2.75, 3.05) is 0 Å². The van der Waals surface area contributed by atoms with Crippen molar-refractivity contribution >= 4 is 23.9 Å². The number of aliphatic hydroxyl groups excluding tert-OH is 1. The molecule has 0 saturated carbocycles. The van der Waals surface area contributed by atoms with Crippen LogP contribution in [0.15, 0.2) is 48.5 Å². The lowest BCUT2D eigenvalue weighted by Crippen LogP contribution is -2.66. The SMILES string of the molecule is CCC1(C)CC(O)C(C)C(C)(CC)N1O.O=C(O)c1ccc(C(=O)O)cc1.O=C(O)c1cccc(C(=O)O)c1. The molecule has 0 amide bonds. The molecule has 0 aliphatic carbocycles. The van der Waals surface area contributed by atoms with Crippen LogP contribution in [0, 0.1) is 5.92 Å². The fourth-order valence-corrected chi connectivity index (χ4v) is 4.24. The van der Waals surface area contributed by atoms with Crippen LogP contribution in [0.25, 0.3) is 0 Å². The van der Waals surface area contributed by atoms with Gasteiger partial charge in [-0.2, -0.15) is 5.06 Å². The van der Waals surface area contributed by atoms with E-state index in [2.05, 4.69) is 13.8 Å². The molecule has 6 N–H and O–H groups in total. The number of hydrogen-bond acceptors (Lipinski definition) is 7. The summed E-state index contributed by atoms with van der Waals surface area (Å²) in [6, 6.07) is 10.2. The van der Waals surface area contributed by atoms with Crippen molar-refractivity contribution < 1.29 is 49.9 Å². The van der Waals surface area contributed by atoms with Gasteiger partial charge in [-0.15, -0.1) is 0 Å². The Morgan fingerprint density at radius 2 is 1.15 bits per heavy atom. The number of carboxylic acids is 4. The molecule has 1 aliphatic rings. The first kappa shape index (κ1) is 33.2. The number of nitrogens with zero attached hydrogens (tertiary/aromatic N) is 1. The largest absolute Gasteiger partial charge is 0.478 e. The van der Waals surface area contributed by atoms with E-state index in [0.717, 1.165) is 18.9 Å². The summed E-state index contributed by atoms with van der Waals surface area (Å²) in [5, 5.41) is 55.9. The van der Waals surface area contributed by atoms with Gasteiger partial charge in [-0.3, -0.25) is 0 Å². The van der Waals surface area contributed by atoms with E-state index in [1.165, 1.54) is 47.5 Å². The predicted molar refractivity (Wildman–Crippen MR) is 142 cm³/mol. The summed E-state index contributed by atoms with van der Waals surface area (Å²) in [6.07, 6.45) is 2.03. The molecule has 3 rings (SSSR count). The number of hydroxylamine groups is 2. The van der Waals surface area contributed by atoms with Crippen LogP contribution in [-0.2, 0) is 0 Å². The van der Waals surface area contributed by atoms with Gasteiger partial charge in [0.25, 0.3) is 0 Å². The third kappa shape index (κ3) is 8.34. The summed E-state index contributed by atoms with van der Waals surface area (Å²) in [7, 11) is 0. The quantitative estimate of drug-likeness (QED) is 0.296. The second-order valence-corrected chi connectivity index (χ2v) is 9.81. The molecule has 1 aliphatic heterocycles. The van der Waals surface area contributed by atoms with E-state index >= 15 is 0 Å². The maximum Gasteiger partial charge on any atom is 0.335 e. The van der Waals surface area contributed by atoms with E-state index in [1.54, 1.807) is 0 Å². The van der Waals surface area contributed by atoms with E-state index in [0.29, 0.717) is 6.42 Å². The fraction of sp³-hybridized carbons (Fsp3) is 0.429. The van der Waals surface area contributed by atoms with Gasteiger partial charge in [0.05, 0.1) is 28.4 Å². The minimum Gasteiger partial charge on any atom is -0.478 e. The summed E-state index contributed by atoms with van der Waals surface area (Å²) in [5.74, 6) is -4.28. The Kier molecular flexibility index (Phi) is 11.8. The van der Waals surface area contributed by atoms with Gasteiger partial charge < -0.3 is 30.7 Å². The molecule has 0 spiro atoms. The van der Waals surface area contributed by atoms with E-state index in [1.807, 2.05) is 20.8 Å². The van der Waals surface area contributed by atoms with Crippen molar-refractivity contribution in [3.63, 3.8) is 0 Å². The average Bonchev–Trinajstić information content (AvgIpc) is 2.91. The lowest BCUT2D eigenvalue weighted by Gasteiger charge is -2.56. The van der Waals surface area contributed by atoms with Crippen molar-refractivity contribution in [2.24, 2.45) is 5.92 Å². The molecule has 0 aromatic heterocycles.